The second-order valence-electron chi connectivity index (χ2n) is 5.92. The van der Waals surface area contributed by atoms with E-state index >= 15 is 0 Å². The van der Waals surface area contributed by atoms with Crippen LogP contribution in [0.2, 0.25) is 0 Å². The fraction of sp³-hybridized carbons (Fsp3) is 0.0526. The number of aromatic nitrogens is 2. The lowest BCUT2D eigenvalue weighted by atomic mass is 10.1. The Labute approximate surface area is 161 Å². The molecule has 4 rings (SSSR count). The molecule has 2 amide bonds. The summed E-state index contributed by atoms with van der Waals surface area (Å²) in [5, 5.41) is 6.74. The highest BCUT2D eigenvalue weighted by Crippen LogP contribution is 2.34. The molecule has 0 saturated carbocycles. The molecule has 0 bridgehead atoms. The molecule has 5 nitrogen and oxygen atoms in total. The van der Waals surface area contributed by atoms with Crippen LogP contribution in [0.1, 0.15) is 5.56 Å². The topological polar surface area (TPSA) is 58.4 Å². The molecular weight excluding hydrogens is 389 g/mol. The minimum atomic E-state index is -4.56. The number of alkyl halides is 3. The molecule has 2 N–H and O–H groups in total. The van der Waals surface area contributed by atoms with Crippen molar-refractivity contribution in [2.45, 2.75) is 6.18 Å². The van der Waals surface area contributed by atoms with Crippen LogP contribution >= 0.6 is 11.3 Å². The molecule has 0 spiro atoms. The van der Waals surface area contributed by atoms with Crippen molar-refractivity contribution in [3.8, 4) is 11.3 Å². The lowest BCUT2D eigenvalue weighted by Gasteiger charge is -2.14. The largest absolute Gasteiger partial charge is 0.418 e. The number of nitrogens with one attached hydrogen (secondary N) is 2. The summed E-state index contributed by atoms with van der Waals surface area (Å²) in [6.45, 7) is 0. The normalized spacial score (nSPS) is 11.5. The van der Waals surface area contributed by atoms with Crippen LogP contribution in [0.5, 0.6) is 0 Å². The Kier molecular flexibility index (Phi) is 4.52. The molecule has 0 unspecified atom stereocenters. The maximum atomic E-state index is 13.0. The molecule has 28 heavy (non-hydrogen) atoms. The molecular formula is C19H13F3N4OS. The van der Waals surface area contributed by atoms with Gasteiger partial charge in [-0.2, -0.15) is 13.2 Å². The number of fused-ring (bicyclic) bond motifs is 1. The molecule has 2 aromatic heterocycles. The zero-order valence-electron chi connectivity index (χ0n) is 14.2. The third kappa shape index (κ3) is 3.70. The van der Waals surface area contributed by atoms with Crippen molar-refractivity contribution in [2.75, 3.05) is 10.6 Å². The van der Waals surface area contributed by atoms with Crippen LogP contribution in [0.4, 0.5) is 29.3 Å². The molecule has 142 valence electrons. The number of nitrogens with zero attached hydrogens (tertiary/aromatic N) is 2. The van der Waals surface area contributed by atoms with Gasteiger partial charge in [-0.15, -0.1) is 11.3 Å². The fourth-order valence-electron chi connectivity index (χ4n) is 2.75. The first-order chi connectivity index (χ1) is 13.4. The Morgan fingerprint density at radius 1 is 1.07 bits per heavy atom. The number of thiazole rings is 1. The third-order valence-electron chi connectivity index (χ3n) is 3.99. The van der Waals surface area contributed by atoms with Crippen LogP contribution in [0, 0.1) is 0 Å². The summed E-state index contributed by atoms with van der Waals surface area (Å²) in [5.74, 6) is 0. The van der Waals surface area contributed by atoms with Gasteiger partial charge in [0.2, 0.25) is 0 Å². The first-order valence-electron chi connectivity index (χ1n) is 8.17. The first kappa shape index (κ1) is 18.1. The van der Waals surface area contributed by atoms with E-state index in [1.54, 1.807) is 18.2 Å². The number of amides is 2. The highest BCUT2D eigenvalue weighted by atomic mass is 32.1. The van der Waals surface area contributed by atoms with Gasteiger partial charge in [-0.1, -0.05) is 24.3 Å². The number of hydrogen-bond acceptors (Lipinski definition) is 3. The number of halogens is 3. The highest BCUT2D eigenvalue weighted by molar-refractivity contribution is 7.15. The standard InChI is InChI=1S/C19H13F3N4OS/c20-19(21,22)14-6-1-2-7-15(14)24-17(27)23-13-5-3-4-12(10-13)16-11-26-8-9-28-18(26)25-16/h1-11H,(H2,23,24,27). The summed E-state index contributed by atoms with van der Waals surface area (Å²) in [6.07, 6.45) is -0.799. The Hall–Kier alpha value is -3.33. The minimum absolute atomic E-state index is 0.307. The summed E-state index contributed by atoms with van der Waals surface area (Å²) < 4.78 is 41.0. The van der Waals surface area contributed by atoms with Crippen molar-refractivity contribution in [1.82, 2.24) is 9.38 Å². The van der Waals surface area contributed by atoms with Crippen LogP contribution in [0.15, 0.2) is 66.3 Å². The number of imidazole rings is 1. The van der Waals surface area contributed by atoms with Gasteiger partial charge in [-0.25, -0.2) is 9.78 Å². The second-order valence-corrected chi connectivity index (χ2v) is 6.80. The zero-order chi connectivity index (χ0) is 19.7. The van der Waals surface area contributed by atoms with Crippen LogP contribution in [0.25, 0.3) is 16.2 Å². The molecule has 0 aliphatic carbocycles. The van der Waals surface area contributed by atoms with Crippen molar-refractivity contribution in [3.63, 3.8) is 0 Å². The van der Waals surface area contributed by atoms with Gasteiger partial charge in [0.15, 0.2) is 4.96 Å². The Balaban J connectivity index is 1.52. The van der Waals surface area contributed by atoms with Gasteiger partial charge in [-0.3, -0.25) is 4.40 Å². The summed E-state index contributed by atoms with van der Waals surface area (Å²) in [7, 11) is 0. The van der Waals surface area contributed by atoms with E-state index in [4.69, 9.17) is 0 Å². The molecule has 0 aliphatic heterocycles. The Bertz CT molecular complexity index is 1120. The van der Waals surface area contributed by atoms with E-state index in [9.17, 15) is 18.0 Å². The molecule has 0 saturated heterocycles. The lowest BCUT2D eigenvalue weighted by Crippen LogP contribution is -2.21. The molecule has 2 aromatic carbocycles. The predicted octanol–water partition coefficient (Wildman–Crippen LogP) is 5.73. The summed E-state index contributed by atoms with van der Waals surface area (Å²) in [6, 6.07) is 11.0. The van der Waals surface area contributed by atoms with Crippen molar-refractivity contribution in [3.05, 3.63) is 71.9 Å². The van der Waals surface area contributed by atoms with Gasteiger partial charge in [0.1, 0.15) is 0 Å². The molecule has 9 heteroatoms. The number of para-hydroxylation sites is 1. The number of rotatable bonds is 3. The molecule has 4 aromatic rings. The van der Waals surface area contributed by atoms with Gasteiger partial charge in [0, 0.05) is 29.0 Å². The minimum Gasteiger partial charge on any atom is -0.308 e. The average molecular weight is 402 g/mol. The summed E-state index contributed by atoms with van der Waals surface area (Å²) in [5.41, 5.74) is 0.744. The van der Waals surface area contributed by atoms with E-state index in [0.29, 0.717) is 5.69 Å². The predicted molar refractivity (Wildman–Crippen MR) is 103 cm³/mol. The van der Waals surface area contributed by atoms with Crippen LogP contribution in [0.3, 0.4) is 0 Å². The second kappa shape index (κ2) is 7.01. The van der Waals surface area contributed by atoms with Gasteiger partial charge in [-0.05, 0) is 24.3 Å². The molecule has 0 atom stereocenters. The monoisotopic (exact) mass is 402 g/mol. The molecule has 0 fully saturated rings. The number of carbonyl (C=O) groups excluding carboxylic acids is 1. The number of carbonyl (C=O) groups is 1. The quantitative estimate of drug-likeness (QED) is 0.460. The number of benzene rings is 2. The van der Waals surface area contributed by atoms with E-state index < -0.39 is 17.8 Å². The molecule has 2 heterocycles. The van der Waals surface area contributed by atoms with Crippen LogP contribution < -0.4 is 10.6 Å². The third-order valence-corrected chi connectivity index (χ3v) is 4.76. The van der Waals surface area contributed by atoms with E-state index in [1.165, 1.54) is 29.5 Å². The smallest absolute Gasteiger partial charge is 0.308 e. The maximum Gasteiger partial charge on any atom is 0.418 e. The van der Waals surface area contributed by atoms with Crippen LogP contribution in [-0.4, -0.2) is 15.4 Å². The van der Waals surface area contributed by atoms with Crippen LogP contribution in [-0.2, 0) is 6.18 Å². The van der Waals surface area contributed by atoms with Gasteiger partial charge < -0.3 is 10.6 Å². The van der Waals surface area contributed by atoms with E-state index in [-0.39, 0.29) is 5.69 Å². The summed E-state index contributed by atoms with van der Waals surface area (Å²) in [4.78, 5) is 17.5. The van der Waals surface area contributed by atoms with Crippen molar-refractivity contribution >= 4 is 33.7 Å². The average Bonchev–Trinajstić information content (AvgIpc) is 3.23. The van der Waals surface area contributed by atoms with Crippen molar-refractivity contribution in [1.29, 1.82) is 0 Å². The zero-order valence-corrected chi connectivity index (χ0v) is 15.0. The SMILES string of the molecule is O=C(Nc1cccc(-c2cn3ccsc3n2)c1)Nc1ccccc1C(F)(F)F. The van der Waals surface area contributed by atoms with Gasteiger partial charge >= 0.3 is 12.2 Å². The lowest BCUT2D eigenvalue weighted by molar-refractivity contribution is -0.136. The van der Waals surface area contributed by atoms with Gasteiger partial charge in [0.25, 0.3) is 0 Å². The molecule has 0 radical (unpaired) electrons. The Morgan fingerprint density at radius 3 is 2.68 bits per heavy atom. The van der Waals surface area contributed by atoms with Crippen molar-refractivity contribution < 1.29 is 18.0 Å². The fourth-order valence-corrected chi connectivity index (χ4v) is 3.45. The van der Waals surface area contributed by atoms with E-state index in [1.807, 2.05) is 28.2 Å². The van der Waals surface area contributed by atoms with E-state index in [2.05, 4.69) is 15.6 Å². The van der Waals surface area contributed by atoms with Crippen molar-refractivity contribution in [2.24, 2.45) is 0 Å². The number of anilines is 2. The number of urea groups is 1. The van der Waals surface area contributed by atoms with Gasteiger partial charge in [0.05, 0.1) is 16.9 Å². The summed E-state index contributed by atoms with van der Waals surface area (Å²) >= 11 is 1.50. The molecule has 0 aliphatic rings. The van der Waals surface area contributed by atoms with E-state index in [0.717, 1.165) is 22.3 Å². The highest BCUT2D eigenvalue weighted by Gasteiger charge is 2.33. The maximum absolute atomic E-state index is 13.0. The Morgan fingerprint density at radius 2 is 1.89 bits per heavy atom. The number of hydrogen-bond donors (Lipinski definition) is 2. The first-order valence-corrected chi connectivity index (χ1v) is 9.05.